The first-order valence-corrected chi connectivity index (χ1v) is 10.9. The van der Waals surface area contributed by atoms with E-state index in [0.717, 1.165) is 51.4 Å². The lowest BCUT2D eigenvalue weighted by Gasteiger charge is -2.24. The second kappa shape index (κ2) is 9.47. The Bertz CT molecular complexity index is 656. The van der Waals surface area contributed by atoms with E-state index in [0.29, 0.717) is 10.0 Å². The van der Waals surface area contributed by atoms with E-state index < -0.39 is 9.84 Å². The topological polar surface area (TPSA) is 71.9 Å². The molecule has 0 radical (unpaired) electrons. The first kappa shape index (κ1) is 20.1. The van der Waals surface area contributed by atoms with E-state index in [-0.39, 0.29) is 6.04 Å². The predicted molar refractivity (Wildman–Crippen MR) is 103 cm³/mol. The van der Waals surface area contributed by atoms with Crippen molar-refractivity contribution in [3.8, 4) is 0 Å². The molecule has 2 rings (SSSR count). The molecule has 1 atom stereocenters. The molecule has 1 aromatic carbocycles. The molecule has 1 fully saturated rings. The maximum atomic E-state index is 11.5. The zero-order valence-electron chi connectivity index (χ0n) is 14.9. The number of thiocarbonyl (C=S) groups is 1. The molecule has 0 saturated carbocycles. The summed E-state index contributed by atoms with van der Waals surface area (Å²) in [4.78, 5) is 1.92. The fourth-order valence-corrected chi connectivity index (χ4v) is 3.69. The molecular weight excluding hydrogens is 358 g/mol. The molecule has 3 N–H and O–H groups in total. The molecule has 140 valence electrons. The predicted octanol–water partition coefficient (Wildman–Crippen LogP) is -0.0796. The zero-order chi connectivity index (χ0) is 18.3. The van der Waals surface area contributed by atoms with Crippen molar-refractivity contribution in [2.75, 3.05) is 45.6 Å². The van der Waals surface area contributed by atoms with Crippen LogP contribution in [0, 0.1) is 0 Å². The molecule has 1 aromatic rings. The second-order valence-electron chi connectivity index (χ2n) is 6.43. The number of nitrogens with one attached hydrogen (secondary N) is 3. The zero-order valence-corrected chi connectivity index (χ0v) is 16.5. The summed E-state index contributed by atoms with van der Waals surface area (Å²) >= 11 is 5.34. The Morgan fingerprint density at radius 1 is 1.28 bits per heavy atom. The van der Waals surface area contributed by atoms with Crippen LogP contribution in [0.25, 0.3) is 0 Å². The minimum Gasteiger partial charge on any atom is -0.370 e. The van der Waals surface area contributed by atoms with Crippen molar-refractivity contribution < 1.29 is 18.1 Å². The van der Waals surface area contributed by atoms with Gasteiger partial charge in [-0.2, -0.15) is 0 Å². The molecule has 25 heavy (non-hydrogen) atoms. The van der Waals surface area contributed by atoms with Crippen molar-refractivity contribution in [3.63, 3.8) is 0 Å². The summed E-state index contributed by atoms with van der Waals surface area (Å²) in [5.41, 5.74) is 0.995. The molecule has 8 heteroatoms. The van der Waals surface area contributed by atoms with Crippen LogP contribution in [0.4, 0.5) is 0 Å². The summed E-state index contributed by atoms with van der Waals surface area (Å²) in [6.45, 7) is 7.86. The van der Waals surface area contributed by atoms with Crippen LogP contribution in [-0.2, 0) is 14.6 Å². The highest BCUT2D eigenvalue weighted by molar-refractivity contribution is 7.90. The standard InChI is InChI=1S/C17H27N3O3S2/c1-14(15-4-6-16(7-5-15)25(2,21)22)19-17(24)18-8-3-9-20-10-12-23-13-11-20/h4-7,14H,3,8-13H2,1-2H3,(H2,18,19,24)/p+1/t14-/m1/s1. The number of hydrogen-bond acceptors (Lipinski definition) is 4. The van der Waals surface area contributed by atoms with Crippen molar-refractivity contribution in [1.82, 2.24) is 10.6 Å². The number of benzene rings is 1. The Labute approximate surface area is 155 Å². The number of rotatable bonds is 7. The maximum absolute atomic E-state index is 11.5. The monoisotopic (exact) mass is 386 g/mol. The first-order valence-electron chi connectivity index (χ1n) is 8.62. The van der Waals surface area contributed by atoms with Gasteiger partial charge in [0.1, 0.15) is 13.1 Å². The molecule has 0 unspecified atom stereocenters. The smallest absolute Gasteiger partial charge is 0.175 e. The minimum atomic E-state index is -3.16. The van der Waals surface area contributed by atoms with Gasteiger partial charge >= 0.3 is 0 Å². The molecule has 0 aromatic heterocycles. The average Bonchev–Trinajstić information content (AvgIpc) is 2.59. The lowest BCUT2D eigenvalue weighted by Crippen LogP contribution is -3.14. The van der Waals surface area contributed by atoms with Crippen molar-refractivity contribution in [2.24, 2.45) is 0 Å². The van der Waals surface area contributed by atoms with Gasteiger partial charge in [0.2, 0.25) is 0 Å². The first-order chi connectivity index (χ1) is 11.9. The minimum absolute atomic E-state index is 0.0125. The number of quaternary nitrogens is 1. The fraction of sp³-hybridized carbons (Fsp3) is 0.588. The average molecular weight is 387 g/mol. The Kier molecular flexibility index (Phi) is 7.61. The molecule has 0 bridgehead atoms. The SMILES string of the molecule is C[C@@H](NC(=S)NCCC[NH+]1CCOCC1)c1ccc(S(C)(=O)=O)cc1. The molecule has 1 aliphatic rings. The normalized spacial score (nSPS) is 17.0. The van der Waals surface area contributed by atoms with Gasteiger partial charge < -0.3 is 20.3 Å². The molecule has 0 amide bonds. The van der Waals surface area contributed by atoms with Crippen molar-refractivity contribution >= 4 is 27.2 Å². The molecule has 6 nitrogen and oxygen atoms in total. The largest absolute Gasteiger partial charge is 0.370 e. The summed E-state index contributed by atoms with van der Waals surface area (Å²) in [7, 11) is -3.16. The summed E-state index contributed by atoms with van der Waals surface area (Å²) in [6.07, 6.45) is 2.27. The van der Waals surface area contributed by atoms with E-state index in [1.807, 2.05) is 19.1 Å². The van der Waals surface area contributed by atoms with Crippen LogP contribution in [0.1, 0.15) is 24.9 Å². The van der Waals surface area contributed by atoms with Crippen LogP contribution in [-0.4, -0.2) is 59.2 Å². The summed E-state index contributed by atoms with van der Waals surface area (Å²) in [6, 6.07) is 6.91. The van der Waals surface area contributed by atoms with E-state index in [1.54, 1.807) is 17.0 Å². The van der Waals surface area contributed by atoms with Gasteiger partial charge in [0.25, 0.3) is 0 Å². The summed E-state index contributed by atoms with van der Waals surface area (Å²) in [5.74, 6) is 0. The van der Waals surface area contributed by atoms with Gasteiger partial charge in [-0.05, 0) is 36.8 Å². The molecule has 1 heterocycles. The number of morpholine rings is 1. The Morgan fingerprint density at radius 3 is 2.52 bits per heavy atom. The van der Waals surface area contributed by atoms with Crippen molar-refractivity contribution in [3.05, 3.63) is 29.8 Å². The van der Waals surface area contributed by atoms with E-state index in [9.17, 15) is 8.42 Å². The van der Waals surface area contributed by atoms with Crippen molar-refractivity contribution in [1.29, 1.82) is 0 Å². The lowest BCUT2D eigenvalue weighted by molar-refractivity contribution is -0.908. The molecule has 0 aliphatic carbocycles. The molecule has 1 aliphatic heterocycles. The van der Waals surface area contributed by atoms with Crippen LogP contribution in [0.5, 0.6) is 0 Å². The van der Waals surface area contributed by atoms with Crippen LogP contribution in [0.15, 0.2) is 29.2 Å². The molecule has 0 spiro atoms. The van der Waals surface area contributed by atoms with Gasteiger partial charge in [-0.15, -0.1) is 0 Å². The van der Waals surface area contributed by atoms with E-state index in [2.05, 4.69) is 10.6 Å². The van der Waals surface area contributed by atoms with E-state index in [1.165, 1.54) is 6.26 Å². The number of hydrogen-bond donors (Lipinski definition) is 3. The van der Waals surface area contributed by atoms with Crippen LogP contribution < -0.4 is 15.5 Å². The maximum Gasteiger partial charge on any atom is 0.175 e. The molecular formula is C17H28N3O3S2+. The van der Waals surface area contributed by atoms with E-state index >= 15 is 0 Å². The van der Waals surface area contributed by atoms with Gasteiger partial charge in [-0.25, -0.2) is 8.42 Å². The number of ether oxygens (including phenoxy) is 1. The third kappa shape index (κ3) is 6.89. The Morgan fingerprint density at radius 2 is 1.92 bits per heavy atom. The number of sulfone groups is 1. The highest BCUT2D eigenvalue weighted by atomic mass is 32.2. The van der Waals surface area contributed by atoms with Gasteiger partial charge in [-0.1, -0.05) is 12.1 Å². The van der Waals surface area contributed by atoms with Crippen molar-refractivity contribution in [2.45, 2.75) is 24.3 Å². The summed E-state index contributed by atoms with van der Waals surface area (Å²) in [5, 5.41) is 7.10. The Hall–Kier alpha value is -1.22. The third-order valence-electron chi connectivity index (χ3n) is 4.35. The van der Waals surface area contributed by atoms with Gasteiger partial charge in [0.05, 0.1) is 30.7 Å². The van der Waals surface area contributed by atoms with E-state index in [4.69, 9.17) is 17.0 Å². The quantitative estimate of drug-likeness (QED) is 0.450. The van der Waals surface area contributed by atoms with Crippen LogP contribution >= 0.6 is 12.2 Å². The second-order valence-corrected chi connectivity index (χ2v) is 8.85. The highest BCUT2D eigenvalue weighted by Crippen LogP contribution is 2.16. The Balaban J connectivity index is 1.70. The third-order valence-corrected chi connectivity index (χ3v) is 5.74. The molecule has 1 saturated heterocycles. The van der Waals surface area contributed by atoms with Crippen LogP contribution in [0.2, 0.25) is 0 Å². The van der Waals surface area contributed by atoms with Gasteiger partial charge in [0.15, 0.2) is 14.9 Å². The van der Waals surface area contributed by atoms with Gasteiger partial charge in [0, 0.05) is 19.2 Å². The summed E-state index contributed by atoms with van der Waals surface area (Å²) < 4.78 is 28.4. The van der Waals surface area contributed by atoms with Gasteiger partial charge in [-0.3, -0.25) is 0 Å². The fourth-order valence-electron chi connectivity index (χ4n) is 2.79. The highest BCUT2D eigenvalue weighted by Gasteiger charge is 2.13. The lowest BCUT2D eigenvalue weighted by atomic mass is 10.1. The van der Waals surface area contributed by atoms with Crippen LogP contribution in [0.3, 0.4) is 0 Å².